The molecule has 8 heteroatoms. The first-order valence-electron chi connectivity index (χ1n) is 15.2. The Labute approximate surface area is 252 Å². The van der Waals surface area contributed by atoms with Gasteiger partial charge >= 0.3 is 0 Å². The van der Waals surface area contributed by atoms with Crippen molar-refractivity contribution in [3.05, 3.63) is 84.1 Å². The third kappa shape index (κ3) is 6.60. The van der Waals surface area contributed by atoms with E-state index < -0.39 is 0 Å². The van der Waals surface area contributed by atoms with E-state index in [-0.39, 0.29) is 24.5 Å². The number of aromatic nitrogens is 1. The van der Waals surface area contributed by atoms with E-state index in [0.717, 1.165) is 62.2 Å². The van der Waals surface area contributed by atoms with Crippen molar-refractivity contribution in [1.82, 2.24) is 9.47 Å². The van der Waals surface area contributed by atoms with Gasteiger partial charge in [0.15, 0.2) is 6.61 Å². The topological polar surface area (TPSA) is 98.8 Å². The fourth-order valence-electron chi connectivity index (χ4n) is 6.46. The Kier molecular flexibility index (Phi) is 8.77. The Morgan fingerprint density at radius 3 is 2.74 bits per heavy atom. The highest BCUT2D eigenvalue weighted by Crippen LogP contribution is 2.34. The summed E-state index contributed by atoms with van der Waals surface area (Å²) in [4.78, 5) is 27.1. The third-order valence-electron chi connectivity index (χ3n) is 8.60. The summed E-state index contributed by atoms with van der Waals surface area (Å²) in [6.45, 7) is 3.19. The number of nitrogens with one attached hydrogen (secondary N) is 1. The maximum Gasteiger partial charge on any atom is 0.262 e. The number of benzene rings is 3. The minimum Gasteiger partial charge on any atom is -0.482 e. The lowest BCUT2D eigenvalue weighted by Crippen LogP contribution is -2.42. The predicted molar refractivity (Wildman–Crippen MR) is 169 cm³/mol. The van der Waals surface area contributed by atoms with Gasteiger partial charge in [0.1, 0.15) is 5.75 Å². The minimum absolute atomic E-state index is 0.0446. The molecule has 0 bridgehead atoms. The van der Waals surface area contributed by atoms with E-state index >= 15 is 0 Å². The average Bonchev–Trinajstić information content (AvgIpc) is 3.40. The molecule has 3 heterocycles. The van der Waals surface area contributed by atoms with Crippen molar-refractivity contribution in [2.45, 2.75) is 50.6 Å². The van der Waals surface area contributed by atoms with Crippen LogP contribution in [-0.2, 0) is 27.3 Å². The molecule has 2 aliphatic rings. The van der Waals surface area contributed by atoms with Crippen LogP contribution in [0.15, 0.2) is 72.8 Å². The molecule has 1 saturated heterocycles. The van der Waals surface area contributed by atoms with Crippen molar-refractivity contribution in [3.8, 4) is 16.9 Å². The quantitative estimate of drug-likeness (QED) is 0.247. The van der Waals surface area contributed by atoms with Gasteiger partial charge < -0.3 is 30.0 Å². The average molecular weight is 581 g/mol. The Bertz CT molecular complexity index is 1600. The summed E-state index contributed by atoms with van der Waals surface area (Å²) in [6.07, 6.45) is 3.98. The monoisotopic (exact) mass is 580 g/mol. The predicted octanol–water partition coefficient (Wildman–Crippen LogP) is 5.34. The van der Waals surface area contributed by atoms with Crippen molar-refractivity contribution in [2.75, 3.05) is 38.7 Å². The maximum absolute atomic E-state index is 13.4. The van der Waals surface area contributed by atoms with Crippen LogP contribution in [0, 0.1) is 0 Å². The summed E-state index contributed by atoms with van der Waals surface area (Å²) in [7, 11) is 1.74. The van der Waals surface area contributed by atoms with E-state index in [2.05, 4.69) is 64.5 Å². The fourth-order valence-corrected chi connectivity index (χ4v) is 6.46. The molecule has 2 amide bonds. The van der Waals surface area contributed by atoms with E-state index in [4.69, 9.17) is 15.2 Å². The van der Waals surface area contributed by atoms with Crippen molar-refractivity contribution in [3.63, 3.8) is 0 Å². The zero-order valence-electron chi connectivity index (χ0n) is 24.8. The Hall–Kier alpha value is -4.14. The van der Waals surface area contributed by atoms with Crippen LogP contribution >= 0.6 is 0 Å². The molecular weight excluding hydrogens is 540 g/mol. The lowest BCUT2D eigenvalue weighted by Gasteiger charge is -2.34. The number of piperidine rings is 1. The first-order valence-corrected chi connectivity index (χ1v) is 15.2. The zero-order valence-corrected chi connectivity index (χ0v) is 24.8. The number of carbonyl (C=O) groups excluding carboxylic acids is 2. The lowest BCUT2D eigenvalue weighted by atomic mass is 9.93. The smallest absolute Gasteiger partial charge is 0.262 e. The second kappa shape index (κ2) is 13.0. The number of fused-ring (bicyclic) bond motifs is 2. The summed E-state index contributed by atoms with van der Waals surface area (Å²) in [5.41, 5.74) is 12.9. The van der Waals surface area contributed by atoms with Crippen LogP contribution in [0.3, 0.4) is 0 Å². The van der Waals surface area contributed by atoms with Crippen molar-refractivity contribution < 1.29 is 19.1 Å². The number of para-hydroxylation sites is 1. The van der Waals surface area contributed by atoms with Gasteiger partial charge in [-0.3, -0.25) is 9.59 Å². The van der Waals surface area contributed by atoms with Gasteiger partial charge in [-0.2, -0.15) is 0 Å². The molecule has 8 nitrogen and oxygen atoms in total. The zero-order chi connectivity index (χ0) is 29.8. The standard InChI is InChI=1S/C35H40N4O4/c1-42-17-5-16-39-31-8-3-2-6-27(31)20-32(39)28-7-4-15-38(22-28)35(41)21-29(36)18-24-9-11-25(12-10-24)26-13-14-33-30(19-26)37-34(40)23-43-33/h2-3,6,8-14,19-20,28-29H,4-5,7,15-18,21-23,36H2,1H3,(H,37,40). The molecule has 3 N–H and O–H groups in total. The van der Waals surface area contributed by atoms with E-state index in [1.165, 1.54) is 16.6 Å². The lowest BCUT2D eigenvalue weighted by molar-refractivity contribution is -0.132. The highest BCUT2D eigenvalue weighted by molar-refractivity contribution is 5.96. The van der Waals surface area contributed by atoms with E-state index in [1.54, 1.807) is 7.11 Å². The summed E-state index contributed by atoms with van der Waals surface area (Å²) in [5, 5.41) is 4.11. The Morgan fingerprint density at radius 1 is 1.09 bits per heavy atom. The number of nitrogens with two attached hydrogens (primary N) is 1. The van der Waals surface area contributed by atoms with E-state index in [1.807, 2.05) is 23.1 Å². The van der Waals surface area contributed by atoms with E-state index in [0.29, 0.717) is 30.2 Å². The van der Waals surface area contributed by atoms with Gasteiger partial charge in [-0.15, -0.1) is 0 Å². The molecule has 3 aromatic carbocycles. The third-order valence-corrected chi connectivity index (χ3v) is 8.60. The molecule has 1 fully saturated rings. The number of carbonyl (C=O) groups is 2. The number of rotatable bonds is 10. The molecule has 43 heavy (non-hydrogen) atoms. The molecule has 0 aliphatic carbocycles. The first-order chi connectivity index (χ1) is 21.0. The summed E-state index contributed by atoms with van der Waals surface area (Å²) < 4.78 is 13.2. The highest BCUT2D eigenvalue weighted by Gasteiger charge is 2.28. The molecule has 2 unspecified atom stereocenters. The fraction of sp³-hybridized carbons (Fsp3) is 0.371. The summed E-state index contributed by atoms with van der Waals surface area (Å²) in [6, 6.07) is 24.6. The maximum atomic E-state index is 13.4. The summed E-state index contributed by atoms with van der Waals surface area (Å²) >= 11 is 0. The molecule has 2 aliphatic heterocycles. The van der Waals surface area contributed by atoms with Crippen molar-refractivity contribution in [1.29, 1.82) is 0 Å². The number of ether oxygens (including phenoxy) is 2. The second-order valence-electron chi connectivity index (χ2n) is 11.7. The summed E-state index contributed by atoms with van der Waals surface area (Å²) in [5.74, 6) is 0.971. The molecule has 0 saturated carbocycles. The Morgan fingerprint density at radius 2 is 1.91 bits per heavy atom. The highest BCUT2D eigenvalue weighted by atomic mass is 16.5. The van der Waals surface area contributed by atoms with Gasteiger partial charge in [0, 0.05) is 62.9 Å². The van der Waals surface area contributed by atoms with Gasteiger partial charge in [-0.25, -0.2) is 0 Å². The van der Waals surface area contributed by atoms with Crippen LogP contribution in [0.4, 0.5) is 5.69 Å². The van der Waals surface area contributed by atoms with Crippen molar-refractivity contribution >= 4 is 28.4 Å². The number of hydrogen-bond donors (Lipinski definition) is 2. The molecule has 0 spiro atoms. The second-order valence-corrected chi connectivity index (χ2v) is 11.7. The number of amides is 2. The van der Waals surface area contributed by atoms with Gasteiger partial charge in [0.25, 0.3) is 5.91 Å². The molecule has 2 atom stereocenters. The van der Waals surface area contributed by atoms with Gasteiger partial charge in [-0.05, 0) is 72.0 Å². The number of aryl methyl sites for hydroxylation is 1. The van der Waals surface area contributed by atoms with Crippen LogP contribution in [-0.4, -0.2) is 60.7 Å². The first kappa shape index (κ1) is 29.0. The molecule has 0 radical (unpaired) electrons. The van der Waals surface area contributed by atoms with Crippen molar-refractivity contribution in [2.24, 2.45) is 5.73 Å². The molecule has 1 aromatic heterocycles. The van der Waals surface area contributed by atoms with E-state index in [9.17, 15) is 9.59 Å². The van der Waals surface area contributed by atoms with Crippen LogP contribution < -0.4 is 15.8 Å². The Balaban J connectivity index is 1.07. The van der Waals surface area contributed by atoms with Crippen LogP contribution in [0.5, 0.6) is 5.75 Å². The number of methoxy groups -OCH3 is 1. The largest absolute Gasteiger partial charge is 0.482 e. The molecule has 6 rings (SSSR count). The van der Waals surface area contributed by atoms with Crippen LogP contribution in [0.1, 0.15) is 42.9 Å². The number of hydrogen-bond acceptors (Lipinski definition) is 5. The minimum atomic E-state index is -0.254. The number of anilines is 1. The molecular formula is C35H40N4O4. The van der Waals surface area contributed by atoms with Gasteiger partial charge in [-0.1, -0.05) is 48.5 Å². The van der Waals surface area contributed by atoms with Gasteiger partial charge in [0.05, 0.1) is 5.69 Å². The van der Waals surface area contributed by atoms with Crippen LogP contribution in [0.25, 0.3) is 22.0 Å². The number of likely N-dealkylation sites (tertiary alicyclic amines) is 1. The van der Waals surface area contributed by atoms with Gasteiger partial charge in [0.2, 0.25) is 5.91 Å². The molecule has 4 aromatic rings. The SMILES string of the molecule is COCCCn1c(C2CCCN(C(=O)CC(N)Cc3ccc(-c4ccc5c(c4)NC(=O)CO5)cc3)C2)cc2ccccc21. The normalized spacial score (nSPS) is 17.3. The van der Waals surface area contributed by atoms with Crippen LogP contribution in [0.2, 0.25) is 0 Å². The number of nitrogens with zero attached hydrogens (tertiary/aromatic N) is 2. The molecule has 224 valence electrons.